The van der Waals surface area contributed by atoms with Crippen LogP contribution < -0.4 is 5.32 Å². The van der Waals surface area contributed by atoms with Gasteiger partial charge >= 0.3 is 6.09 Å². The highest BCUT2D eigenvalue weighted by Gasteiger charge is 2.11. The molecule has 1 amide bonds. The summed E-state index contributed by atoms with van der Waals surface area (Å²) in [6.45, 7) is 6.69. The molecule has 0 fully saturated rings. The lowest BCUT2D eigenvalue weighted by Crippen LogP contribution is -2.20. The van der Waals surface area contributed by atoms with Gasteiger partial charge in [0, 0.05) is 11.6 Å². The van der Waals surface area contributed by atoms with E-state index in [1.165, 1.54) is 0 Å². The molecule has 1 aromatic heterocycles. The van der Waals surface area contributed by atoms with Crippen molar-refractivity contribution >= 4 is 22.7 Å². The van der Waals surface area contributed by atoms with Crippen molar-refractivity contribution in [2.75, 3.05) is 11.9 Å². The Kier molecular flexibility index (Phi) is 4.56. The number of benzene rings is 1. The van der Waals surface area contributed by atoms with Gasteiger partial charge in [0.25, 0.3) is 0 Å². The molecule has 106 valence electrons. The van der Waals surface area contributed by atoms with Crippen LogP contribution in [0.1, 0.15) is 20.8 Å². The van der Waals surface area contributed by atoms with Gasteiger partial charge < -0.3 is 4.74 Å². The van der Waals surface area contributed by atoms with E-state index in [-0.39, 0.29) is 0 Å². The van der Waals surface area contributed by atoms with Gasteiger partial charge in [0.15, 0.2) is 0 Å². The first-order valence-corrected chi connectivity index (χ1v) is 6.85. The van der Waals surface area contributed by atoms with Crippen LogP contribution in [0.15, 0.2) is 36.5 Å². The van der Waals surface area contributed by atoms with Crippen LogP contribution in [0.4, 0.5) is 10.6 Å². The van der Waals surface area contributed by atoms with Crippen LogP contribution in [0.2, 0.25) is 0 Å². The number of rotatable bonds is 4. The van der Waals surface area contributed by atoms with E-state index < -0.39 is 6.09 Å². The third kappa shape index (κ3) is 3.70. The van der Waals surface area contributed by atoms with Crippen molar-refractivity contribution in [2.45, 2.75) is 20.8 Å². The molecule has 20 heavy (non-hydrogen) atoms. The molecule has 0 aliphatic carbocycles. The zero-order valence-corrected chi connectivity index (χ0v) is 12.1. The number of pyridine rings is 1. The number of nitrogens with one attached hydrogen (secondary N) is 1. The van der Waals surface area contributed by atoms with Crippen LogP contribution in [0.3, 0.4) is 0 Å². The van der Waals surface area contributed by atoms with Gasteiger partial charge in [0.1, 0.15) is 5.82 Å². The maximum Gasteiger partial charge on any atom is 0.412 e. The molecule has 4 heteroatoms. The number of carbonyl (C=O) groups is 1. The van der Waals surface area contributed by atoms with Gasteiger partial charge in [0.2, 0.25) is 0 Å². The number of carbonyl (C=O) groups excluding carboxylic acids is 1. The monoisotopic (exact) mass is 272 g/mol. The van der Waals surface area contributed by atoms with Crippen molar-refractivity contribution in [1.29, 1.82) is 0 Å². The molecule has 0 aliphatic rings. The Labute approximate surface area is 119 Å². The Bertz CT molecular complexity index is 596. The van der Waals surface area contributed by atoms with E-state index in [4.69, 9.17) is 4.74 Å². The number of nitrogens with zero attached hydrogens (tertiary/aromatic N) is 1. The van der Waals surface area contributed by atoms with E-state index in [2.05, 4.69) is 31.1 Å². The van der Waals surface area contributed by atoms with Crippen LogP contribution in [-0.2, 0) is 4.74 Å². The van der Waals surface area contributed by atoms with Gasteiger partial charge in [0.05, 0.1) is 6.61 Å². The summed E-state index contributed by atoms with van der Waals surface area (Å²) in [5.41, 5.74) is 0. The topological polar surface area (TPSA) is 51.2 Å². The standard InChI is InChI=1S/C16H20N2O2/c1-11(2)12(3)10-20-16(19)18-15-8-13-6-4-5-7-14(13)9-17-15/h4-9,11-12H,10H2,1-3H3,(H,17,18,19)/t12-/m1/s1. The number of hydrogen-bond donors (Lipinski definition) is 1. The first-order chi connectivity index (χ1) is 9.56. The van der Waals surface area contributed by atoms with Crippen molar-refractivity contribution in [3.8, 4) is 0 Å². The summed E-state index contributed by atoms with van der Waals surface area (Å²) in [6, 6.07) is 9.71. The van der Waals surface area contributed by atoms with E-state index >= 15 is 0 Å². The highest BCUT2D eigenvalue weighted by atomic mass is 16.5. The molecule has 2 aromatic rings. The maximum absolute atomic E-state index is 11.7. The molecule has 1 atom stereocenters. The third-order valence-electron chi connectivity index (χ3n) is 3.48. The minimum Gasteiger partial charge on any atom is -0.449 e. The van der Waals surface area contributed by atoms with Crippen LogP contribution in [0.5, 0.6) is 0 Å². The maximum atomic E-state index is 11.7. The average Bonchev–Trinajstić information content (AvgIpc) is 2.44. The predicted molar refractivity (Wildman–Crippen MR) is 80.7 cm³/mol. The molecule has 0 radical (unpaired) electrons. The molecular weight excluding hydrogens is 252 g/mol. The molecule has 1 N–H and O–H groups in total. The molecular formula is C16H20N2O2. The summed E-state index contributed by atoms with van der Waals surface area (Å²) in [7, 11) is 0. The van der Waals surface area contributed by atoms with Gasteiger partial charge in [-0.3, -0.25) is 5.32 Å². The van der Waals surface area contributed by atoms with Crippen molar-refractivity contribution in [1.82, 2.24) is 4.98 Å². The van der Waals surface area contributed by atoms with Gasteiger partial charge in [-0.1, -0.05) is 45.0 Å². The molecule has 0 spiro atoms. The fraction of sp³-hybridized carbons (Fsp3) is 0.375. The molecule has 2 rings (SSSR count). The fourth-order valence-corrected chi connectivity index (χ4v) is 1.69. The smallest absolute Gasteiger partial charge is 0.412 e. The summed E-state index contributed by atoms with van der Waals surface area (Å²) in [4.78, 5) is 15.9. The summed E-state index contributed by atoms with van der Waals surface area (Å²) in [5.74, 6) is 1.33. The molecule has 0 saturated heterocycles. The zero-order chi connectivity index (χ0) is 14.5. The van der Waals surface area contributed by atoms with Crippen molar-refractivity contribution in [2.24, 2.45) is 11.8 Å². The minimum absolute atomic E-state index is 0.338. The molecule has 0 aliphatic heterocycles. The van der Waals surface area contributed by atoms with E-state index in [9.17, 15) is 4.79 Å². The largest absolute Gasteiger partial charge is 0.449 e. The molecule has 1 aromatic carbocycles. The number of anilines is 1. The van der Waals surface area contributed by atoms with E-state index in [0.29, 0.717) is 24.3 Å². The molecule has 1 heterocycles. The first-order valence-electron chi connectivity index (χ1n) is 6.85. The lowest BCUT2D eigenvalue weighted by Gasteiger charge is -2.15. The Morgan fingerprint density at radius 3 is 2.65 bits per heavy atom. The highest BCUT2D eigenvalue weighted by molar-refractivity contribution is 5.89. The SMILES string of the molecule is CC(C)[C@H](C)COC(=O)Nc1cc2ccccc2cn1. The van der Waals surface area contributed by atoms with Gasteiger partial charge in [-0.25, -0.2) is 9.78 Å². The third-order valence-corrected chi connectivity index (χ3v) is 3.48. The van der Waals surface area contributed by atoms with Gasteiger partial charge in [-0.2, -0.15) is 0 Å². The second-order valence-corrected chi connectivity index (χ2v) is 5.36. The summed E-state index contributed by atoms with van der Waals surface area (Å²) >= 11 is 0. The van der Waals surface area contributed by atoms with Crippen LogP contribution in [0, 0.1) is 11.8 Å². The van der Waals surface area contributed by atoms with Crippen molar-refractivity contribution in [3.05, 3.63) is 36.5 Å². The minimum atomic E-state index is -0.458. The van der Waals surface area contributed by atoms with E-state index in [1.807, 2.05) is 30.3 Å². The van der Waals surface area contributed by atoms with E-state index in [1.54, 1.807) is 6.20 Å². The van der Waals surface area contributed by atoms with Crippen LogP contribution in [-0.4, -0.2) is 17.7 Å². The van der Waals surface area contributed by atoms with Crippen molar-refractivity contribution < 1.29 is 9.53 Å². The zero-order valence-electron chi connectivity index (χ0n) is 12.1. The summed E-state index contributed by atoms with van der Waals surface area (Å²) in [5, 5.41) is 4.73. The Morgan fingerprint density at radius 2 is 1.95 bits per heavy atom. The molecule has 0 bridgehead atoms. The Morgan fingerprint density at radius 1 is 1.25 bits per heavy atom. The number of hydrogen-bond acceptors (Lipinski definition) is 3. The van der Waals surface area contributed by atoms with Crippen LogP contribution >= 0.6 is 0 Å². The average molecular weight is 272 g/mol. The first kappa shape index (κ1) is 14.3. The van der Waals surface area contributed by atoms with Gasteiger partial charge in [-0.05, 0) is 23.3 Å². The lowest BCUT2D eigenvalue weighted by molar-refractivity contribution is 0.133. The summed E-state index contributed by atoms with van der Waals surface area (Å²) < 4.78 is 5.19. The predicted octanol–water partition coefficient (Wildman–Crippen LogP) is 4.08. The number of fused-ring (bicyclic) bond motifs is 1. The Hall–Kier alpha value is -2.10. The number of aromatic nitrogens is 1. The second-order valence-electron chi connectivity index (χ2n) is 5.36. The van der Waals surface area contributed by atoms with Crippen LogP contribution in [0.25, 0.3) is 10.8 Å². The molecule has 4 nitrogen and oxygen atoms in total. The highest BCUT2D eigenvalue weighted by Crippen LogP contribution is 2.16. The molecule has 0 unspecified atom stereocenters. The Balaban J connectivity index is 1.96. The number of amides is 1. The van der Waals surface area contributed by atoms with Crippen molar-refractivity contribution in [3.63, 3.8) is 0 Å². The second kappa shape index (κ2) is 6.37. The van der Waals surface area contributed by atoms with E-state index in [0.717, 1.165) is 10.8 Å². The number of ether oxygens (including phenoxy) is 1. The lowest BCUT2D eigenvalue weighted by atomic mass is 10.00. The fourth-order valence-electron chi connectivity index (χ4n) is 1.69. The van der Waals surface area contributed by atoms with Gasteiger partial charge in [-0.15, -0.1) is 0 Å². The molecule has 0 saturated carbocycles. The normalized spacial score (nSPS) is 12.4. The quantitative estimate of drug-likeness (QED) is 0.912. The summed E-state index contributed by atoms with van der Waals surface area (Å²) in [6.07, 6.45) is 1.28.